The molecule has 9 heteroatoms. The van der Waals surface area contributed by atoms with Crippen LogP contribution in [0.4, 0.5) is 26.3 Å². The fourth-order valence-corrected chi connectivity index (χ4v) is 3.88. The van der Waals surface area contributed by atoms with Crippen molar-refractivity contribution in [2.45, 2.75) is 46.5 Å². The first-order chi connectivity index (χ1) is 12.9. The van der Waals surface area contributed by atoms with E-state index in [1.165, 1.54) is 36.4 Å². The van der Waals surface area contributed by atoms with Crippen LogP contribution in [-0.4, -0.2) is 16.8 Å². The van der Waals surface area contributed by atoms with Gasteiger partial charge in [0.15, 0.2) is 0 Å². The molecule has 2 aromatic rings. The predicted molar refractivity (Wildman–Crippen MR) is 98.5 cm³/mol. The molecule has 152 valence electrons. The van der Waals surface area contributed by atoms with Gasteiger partial charge in [-0.05, 0) is 58.9 Å². The molecule has 1 nitrogen and oxygen atoms in total. The Morgan fingerprint density at radius 2 is 1.11 bits per heavy atom. The number of thioether (sulfide) groups is 2. The van der Waals surface area contributed by atoms with E-state index in [1.807, 2.05) is 0 Å². The number of benzene rings is 2. The molecule has 0 N–H and O–H groups in total. The summed E-state index contributed by atoms with van der Waals surface area (Å²) in [4.78, 5) is 12.7. The van der Waals surface area contributed by atoms with Gasteiger partial charge in [0.05, 0.1) is 0 Å². The third-order valence-electron chi connectivity index (χ3n) is 4.04. The highest BCUT2D eigenvalue weighted by molar-refractivity contribution is 8.00. The topological polar surface area (TPSA) is 17.1 Å². The number of alkyl halides is 6. The fourth-order valence-electron chi connectivity index (χ4n) is 2.67. The quantitative estimate of drug-likeness (QED) is 0.346. The molecule has 0 bridgehead atoms. The van der Waals surface area contributed by atoms with Crippen molar-refractivity contribution in [3.63, 3.8) is 0 Å². The Morgan fingerprint density at radius 3 is 1.43 bits per heavy atom. The summed E-state index contributed by atoms with van der Waals surface area (Å²) in [6.07, 6.45) is 0. The van der Waals surface area contributed by atoms with Crippen LogP contribution in [0.25, 0.3) is 0 Å². The van der Waals surface area contributed by atoms with Crippen LogP contribution in [0.15, 0.2) is 58.3 Å². The van der Waals surface area contributed by atoms with E-state index in [9.17, 15) is 31.1 Å². The lowest BCUT2D eigenvalue weighted by atomic mass is 9.86. The monoisotopic (exact) mass is 438 g/mol. The summed E-state index contributed by atoms with van der Waals surface area (Å²) >= 11 is -0.529. The van der Waals surface area contributed by atoms with Crippen LogP contribution in [0.5, 0.6) is 0 Å². The summed E-state index contributed by atoms with van der Waals surface area (Å²) < 4.78 is 75.3. The second kappa shape index (κ2) is 8.82. The summed E-state index contributed by atoms with van der Waals surface area (Å²) in [7, 11) is 0. The van der Waals surface area contributed by atoms with E-state index in [0.29, 0.717) is 11.1 Å². The molecule has 0 saturated carbocycles. The van der Waals surface area contributed by atoms with Gasteiger partial charge in [0.2, 0.25) is 0 Å². The first-order valence-corrected chi connectivity index (χ1v) is 9.74. The second-order valence-electron chi connectivity index (χ2n) is 6.09. The minimum absolute atomic E-state index is 0.0270. The van der Waals surface area contributed by atoms with Crippen LogP contribution in [0.1, 0.15) is 36.8 Å². The minimum atomic E-state index is -4.43. The Labute approximate surface area is 166 Å². The van der Waals surface area contributed by atoms with Crippen molar-refractivity contribution in [1.82, 2.24) is 0 Å². The highest BCUT2D eigenvalue weighted by Gasteiger charge is 2.31. The van der Waals surface area contributed by atoms with Gasteiger partial charge in [0.1, 0.15) is 5.78 Å². The van der Waals surface area contributed by atoms with Crippen LogP contribution in [-0.2, 0) is 4.79 Å². The van der Waals surface area contributed by atoms with Gasteiger partial charge in [-0.15, -0.1) is 0 Å². The van der Waals surface area contributed by atoms with Gasteiger partial charge in [-0.25, -0.2) is 0 Å². The molecular weight excluding hydrogens is 422 g/mol. The van der Waals surface area contributed by atoms with Crippen LogP contribution < -0.4 is 0 Å². The van der Waals surface area contributed by atoms with Gasteiger partial charge in [-0.2, -0.15) is 26.3 Å². The largest absolute Gasteiger partial charge is 0.446 e. The number of Topliss-reactive ketones (excluding diaryl/α,β-unsaturated/α-hetero) is 1. The standard InChI is InChI=1S/C19H16F6OS2/c1-11(13-5-3-7-15(9-13)27-18(20,21)22)17(26)12(2)14-6-4-8-16(10-14)28-19(23,24)25/h3-12H,1-2H3. The van der Waals surface area contributed by atoms with Crippen molar-refractivity contribution < 1.29 is 31.1 Å². The summed E-state index contributed by atoms with van der Waals surface area (Å²) in [5, 5.41) is 0. The molecule has 0 aliphatic carbocycles. The van der Waals surface area contributed by atoms with Gasteiger partial charge < -0.3 is 0 Å². The highest BCUT2D eigenvalue weighted by atomic mass is 32.2. The first kappa shape index (κ1) is 22.7. The number of ketones is 1. The van der Waals surface area contributed by atoms with Crippen molar-refractivity contribution >= 4 is 29.3 Å². The number of hydrogen-bond acceptors (Lipinski definition) is 3. The van der Waals surface area contributed by atoms with E-state index in [4.69, 9.17) is 0 Å². The zero-order valence-electron chi connectivity index (χ0n) is 14.8. The number of hydrogen-bond donors (Lipinski definition) is 0. The Hall–Kier alpha value is -1.61. The maximum Gasteiger partial charge on any atom is 0.446 e. The van der Waals surface area contributed by atoms with Crippen molar-refractivity contribution in [2.75, 3.05) is 0 Å². The Morgan fingerprint density at radius 1 is 0.750 bits per heavy atom. The molecule has 0 heterocycles. The maximum absolute atomic E-state index is 12.8. The van der Waals surface area contributed by atoms with Crippen LogP contribution in [0.2, 0.25) is 0 Å². The Kier molecular flexibility index (Phi) is 7.14. The molecule has 0 fully saturated rings. The summed E-state index contributed by atoms with van der Waals surface area (Å²) in [6, 6.07) is 11.2. The van der Waals surface area contributed by atoms with Crippen molar-refractivity contribution in [1.29, 1.82) is 0 Å². The molecule has 2 aromatic carbocycles. The third-order valence-corrected chi connectivity index (χ3v) is 5.48. The summed E-state index contributed by atoms with van der Waals surface area (Å²) in [6.45, 7) is 3.15. The normalized spacial score (nSPS) is 14.6. The van der Waals surface area contributed by atoms with Crippen molar-refractivity contribution in [2.24, 2.45) is 0 Å². The van der Waals surface area contributed by atoms with E-state index in [1.54, 1.807) is 26.0 Å². The molecule has 0 saturated heterocycles. The van der Waals surface area contributed by atoms with E-state index in [2.05, 4.69) is 0 Å². The van der Waals surface area contributed by atoms with E-state index >= 15 is 0 Å². The third kappa shape index (κ3) is 6.77. The average molecular weight is 438 g/mol. The smallest absolute Gasteiger partial charge is 0.298 e. The van der Waals surface area contributed by atoms with Gasteiger partial charge in [0, 0.05) is 21.6 Å². The van der Waals surface area contributed by atoms with Gasteiger partial charge in [-0.1, -0.05) is 38.1 Å². The molecule has 0 amide bonds. The van der Waals surface area contributed by atoms with Gasteiger partial charge >= 0.3 is 11.0 Å². The molecule has 2 atom stereocenters. The average Bonchev–Trinajstić information content (AvgIpc) is 2.57. The Bertz CT molecular complexity index is 764. The summed E-state index contributed by atoms with van der Waals surface area (Å²) in [5.41, 5.74) is -8.02. The molecule has 0 radical (unpaired) electrons. The first-order valence-electron chi connectivity index (χ1n) is 8.11. The minimum Gasteiger partial charge on any atom is -0.298 e. The molecule has 2 rings (SSSR count). The Balaban J connectivity index is 2.19. The second-order valence-corrected chi connectivity index (χ2v) is 8.36. The molecule has 2 unspecified atom stereocenters. The van der Waals surface area contributed by atoms with Gasteiger partial charge in [-0.3, -0.25) is 4.79 Å². The molecule has 0 aromatic heterocycles. The van der Waals surface area contributed by atoms with E-state index in [-0.39, 0.29) is 39.1 Å². The molecule has 0 spiro atoms. The zero-order valence-corrected chi connectivity index (χ0v) is 16.4. The van der Waals surface area contributed by atoms with Crippen LogP contribution in [0, 0.1) is 0 Å². The van der Waals surface area contributed by atoms with E-state index < -0.39 is 22.9 Å². The van der Waals surface area contributed by atoms with Gasteiger partial charge in [0.25, 0.3) is 0 Å². The van der Waals surface area contributed by atoms with Crippen LogP contribution in [0.3, 0.4) is 0 Å². The molecule has 0 aliphatic rings. The van der Waals surface area contributed by atoms with E-state index in [0.717, 1.165) is 0 Å². The molecule has 0 aliphatic heterocycles. The molecular formula is C19H16F6OS2. The number of carbonyl (C=O) groups excluding carboxylic acids is 1. The van der Waals surface area contributed by atoms with Crippen molar-refractivity contribution in [3.05, 3.63) is 59.7 Å². The SMILES string of the molecule is CC(C(=O)C(C)c1cccc(SC(F)(F)F)c1)c1cccc(SC(F)(F)F)c1. The predicted octanol–water partition coefficient (Wildman–Crippen LogP) is 7.39. The highest BCUT2D eigenvalue weighted by Crippen LogP contribution is 2.39. The van der Waals surface area contributed by atoms with Crippen molar-refractivity contribution in [3.8, 4) is 0 Å². The maximum atomic E-state index is 12.8. The number of rotatable bonds is 6. The number of carbonyl (C=O) groups is 1. The lowest BCUT2D eigenvalue weighted by molar-refractivity contribution is -0.121. The summed E-state index contributed by atoms with van der Waals surface area (Å²) in [5.74, 6) is -1.70. The fraction of sp³-hybridized carbons (Fsp3) is 0.316. The van der Waals surface area contributed by atoms with Crippen LogP contribution >= 0.6 is 23.5 Å². The number of halogens is 6. The lowest BCUT2D eigenvalue weighted by Crippen LogP contribution is -2.16. The lowest BCUT2D eigenvalue weighted by Gasteiger charge is -2.18. The molecule has 28 heavy (non-hydrogen) atoms. The zero-order chi connectivity index (χ0) is 21.1.